The minimum atomic E-state index is 0.00541. The zero-order valence-electron chi connectivity index (χ0n) is 10.8. The average Bonchev–Trinajstić information content (AvgIpc) is 2.25. The summed E-state index contributed by atoms with van der Waals surface area (Å²) in [6.07, 6.45) is 5.81. The zero-order valence-corrected chi connectivity index (χ0v) is 10.8. The smallest absolute Gasteiger partial charge is 0.220 e. The highest BCUT2D eigenvalue weighted by atomic mass is 16.1. The van der Waals surface area contributed by atoms with Crippen molar-refractivity contribution in [2.45, 2.75) is 59.3 Å². The van der Waals surface area contributed by atoms with Crippen LogP contribution in [0.15, 0.2) is 0 Å². The molecule has 0 bridgehead atoms. The highest BCUT2D eigenvalue weighted by Gasteiger charge is 2.09. The van der Waals surface area contributed by atoms with Gasteiger partial charge >= 0.3 is 0 Å². The largest absolute Gasteiger partial charge is 0.356 e. The molecule has 0 spiro atoms. The first-order chi connectivity index (χ1) is 7.57. The molecule has 1 N–H and O–H groups in total. The number of ketones is 1. The van der Waals surface area contributed by atoms with Crippen molar-refractivity contribution in [2.24, 2.45) is 5.92 Å². The van der Waals surface area contributed by atoms with Gasteiger partial charge in [-0.3, -0.25) is 9.59 Å². The first kappa shape index (κ1) is 15.1. The molecule has 0 aromatic carbocycles. The van der Waals surface area contributed by atoms with Gasteiger partial charge in [-0.2, -0.15) is 0 Å². The lowest BCUT2D eigenvalue weighted by molar-refractivity contribution is -0.122. The topological polar surface area (TPSA) is 46.2 Å². The van der Waals surface area contributed by atoms with Gasteiger partial charge in [-0.1, -0.05) is 33.1 Å². The molecule has 0 radical (unpaired) electrons. The summed E-state index contributed by atoms with van der Waals surface area (Å²) in [6, 6.07) is 0. The Morgan fingerprint density at radius 2 is 1.88 bits per heavy atom. The van der Waals surface area contributed by atoms with Crippen molar-refractivity contribution in [3.8, 4) is 0 Å². The molecule has 1 atom stereocenters. The van der Waals surface area contributed by atoms with E-state index in [9.17, 15) is 9.59 Å². The standard InChI is InChI=1S/C13H25NO2/c1-4-5-6-7-10-14-13(16)9-8-11(2)12(3)15/h11H,4-10H2,1-3H3,(H,14,16). The molecule has 0 aliphatic carbocycles. The first-order valence-electron chi connectivity index (χ1n) is 6.35. The van der Waals surface area contributed by atoms with Gasteiger partial charge in [0.1, 0.15) is 5.78 Å². The lowest BCUT2D eigenvalue weighted by Crippen LogP contribution is -2.25. The van der Waals surface area contributed by atoms with E-state index in [1.54, 1.807) is 6.92 Å². The second-order valence-corrected chi connectivity index (χ2v) is 4.46. The maximum atomic E-state index is 11.4. The Kier molecular flexibility index (Phi) is 8.87. The number of unbranched alkanes of at least 4 members (excludes halogenated alkanes) is 3. The molecule has 1 amide bonds. The van der Waals surface area contributed by atoms with Gasteiger partial charge in [-0.05, 0) is 19.8 Å². The van der Waals surface area contributed by atoms with Gasteiger partial charge in [0.05, 0.1) is 0 Å². The van der Waals surface area contributed by atoms with Crippen LogP contribution in [-0.4, -0.2) is 18.2 Å². The molecule has 94 valence electrons. The molecule has 0 heterocycles. The maximum Gasteiger partial charge on any atom is 0.220 e. The second-order valence-electron chi connectivity index (χ2n) is 4.46. The molecular weight excluding hydrogens is 202 g/mol. The van der Waals surface area contributed by atoms with Crippen molar-refractivity contribution in [3.05, 3.63) is 0 Å². The molecule has 0 saturated carbocycles. The third kappa shape index (κ3) is 8.45. The van der Waals surface area contributed by atoms with Gasteiger partial charge < -0.3 is 5.32 Å². The van der Waals surface area contributed by atoms with Crippen LogP contribution in [-0.2, 0) is 9.59 Å². The molecule has 0 rings (SSSR count). The lowest BCUT2D eigenvalue weighted by atomic mass is 10.0. The number of carbonyl (C=O) groups excluding carboxylic acids is 2. The van der Waals surface area contributed by atoms with Crippen molar-refractivity contribution in [1.82, 2.24) is 5.32 Å². The molecule has 0 saturated heterocycles. The Hall–Kier alpha value is -0.860. The summed E-state index contributed by atoms with van der Waals surface area (Å²) >= 11 is 0. The Labute approximate surface area is 99.0 Å². The van der Waals surface area contributed by atoms with Crippen LogP contribution >= 0.6 is 0 Å². The predicted octanol–water partition coefficient (Wildman–Crippen LogP) is 2.69. The summed E-state index contributed by atoms with van der Waals surface area (Å²) in [5.41, 5.74) is 0. The molecule has 3 heteroatoms. The monoisotopic (exact) mass is 227 g/mol. The minimum Gasteiger partial charge on any atom is -0.356 e. The van der Waals surface area contributed by atoms with Gasteiger partial charge in [0, 0.05) is 18.9 Å². The molecule has 16 heavy (non-hydrogen) atoms. The normalized spacial score (nSPS) is 12.2. The number of Topliss-reactive ketones (excluding diaryl/α,β-unsaturated/α-hetero) is 1. The molecule has 0 aromatic heterocycles. The fourth-order valence-corrected chi connectivity index (χ4v) is 1.42. The van der Waals surface area contributed by atoms with E-state index < -0.39 is 0 Å². The van der Waals surface area contributed by atoms with Gasteiger partial charge in [0.2, 0.25) is 5.91 Å². The number of carbonyl (C=O) groups is 2. The fourth-order valence-electron chi connectivity index (χ4n) is 1.42. The molecule has 0 aliphatic heterocycles. The summed E-state index contributed by atoms with van der Waals surface area (Å²) in [6.45, 7) is 6.39. The van der Waals surface area contributed by atoms with Crippen molar-refractivity contribution in [1.29, 1.82) is 0 Å². The van der Waals surface area contributed by atoms with Crippen molar-refractivity contribution >= 4 is 11.7 Å². The Morgan fingerprint density at radius 3 is 2.44 bits per heavy atom. The van der Waals surface area contributed by atoms with Crippen LogP contribution in [0.4, 0.5) is 0 Å². The average molecular weight is 227 g/mol. The van der Waals surface area contributed by atoms with E-state index in [2.05, 4.69) is 12.2 Å². The van der Waals surface area contributed by atoms with Crippen molar-refractivity contribution in [3.63, 3.8) is 0 Å². The Morgan fingerprint density at radius 1 is 1.19 bits per heavy atom. The molecule has 0 fully saturated rings. The number of nitrogens with one attached hydrogen (secondary N) is 1. The highest BCUT2D eigenvalue weighted by Crippen LogP contribution is 2.06. The van der Waals surface area contributed by atoms with E-state index >= 15 is 0 Å². The van der Waals surface area contributed by atoms with Crippen LogP contribution in [0.3, 0.4) is 0 Å². The summed E-state index contributed by atoms with van der Waals surface area (Å²) in [7, 11) is 0. The molecular formula is C13H25NO2. The number of hydrogen-bond acceptors (Lipinski definition) is 2. The highest BCUT2D eigenvalue weighted by molar-refractivity contribution is 5.80. The molecule has 0 aliphatic rings. The van der Waals surface area contributed by atoms with Crippen molar-refractivity contribution < 1.29 is 9.59 Å². The van der Waals surface area contributed by atoms with E-state index in [0.29, 0.717) is 12.8 Å². The fraction of sp³-hybridized carbons (Fsp3) is 0.846. The van der Waals surface area contributed by atoms with E-state index in [4.69, 9.17) is 0 Å². The third-order valence-corrected chi connectivity index (χ3v) is 2.85. The quantitative estimate of drug-likeness (QED) is 0.616. The van der Waals surface area contributed by atoms with E-state index in [1.165, 1.54) is 19.3 Å². The number of rotatable bonds is 9. The molecule has 0 aromatic rings. The van der Waals surface area contributed by atoms with Crippen LogP contribution in [0.2, 0.25) is 0 Å². The van der Waals surface area contributed by atoms with Crippen LogP contribution < -0.4 is 5.32 Å². The Balaban J connectivity index is 3.41. The lowest BCUT2D eigenvalue weighted by Gasteiger charge is -2.07. The Bertz CT molecular complexity index is 214. The van der Waals surface area contributed by atoms with E-state index in [1.807, 2.05) is 6.92 Å². The van der Waals surface area contributed by atoms with Crippen LogP contribution in [0.5, 0.6) is 0 Å². The van der Waals surface area contributed by atoms with Crippen molar-refractivity contribution in [2.75, 3.05) is 6.54 Å². The number of hydrogen-bond donors (Lipinski definition) is 1. The van der Waals surface area contributed by atoms with Gasteiger partial charge in [-0.25, -0.2) is 0 Å². The second kappa shape index (κ2) is 9.37. The first-order valence-corrected chi connectivity index (χ1v) is 6.35. The predicted molar refractivity (Wildman–Crippen MR) is 66.2 cm³/mol. The summed E-state index contributed by atoms with van der Waals surface area (Å²) < 4.78 is 0. The summed E-state index contributed by atoms with van der Waals surface area (Å²) in [5.74, 6) is 0.242. The SMILES string of the molecule is CCCCCCNC(=O)CCC(C)C(C)=O. The zero-order chi connectivity index (χ0) is 12.4. The number of amides is 1. The van der Waals surface area contributed by atoms with Crippen LogP contribution in [0.1, 0.15) is 59.3 Å². The minimum absolute atomic E-state index is 0.00541. The maximum absolute atomic E-state index is 11.4. The van der Waals surface area contributed by atoms with Crippen LogP contribution in [0.25, 0.3) is 0 Å². The van der Waals surface area contributed by atoms with Gasteiger partial charge in [0.25, 0.3) is 0 Å². The third-order valence-electron chi connectivity index (χ3n) is 2.85. The van der Waals surface area contributed by atoms with E-state index in [0.717, 1.165) is 13.0 Å². The van der Waals surface area contributed by atoms with Gasteiger partial charge in [-0.15, -0.1) is 0 Å². The molecule has 1 unspecified atom stereocenters. The van der Waals surface area contributed by atoms with E-state index in [-0.39, 0.29) is 17.6 Å². The summed E-state index contributed by atoms with van der Waals surface area (Å²) in [4.78, 5) is 22.3. The molecule has 3 nitrogen and oxygen atoms in total. The van der Waals surface area contributed by atoms with Gasteiger partial charge in [0.15, 0.2) is 0 Å². The summed E-state index contributed by atoms with van der Waals surface area (Å²) in [5, 5.41) is 2.89. The van der Waals surface area contributed by atoms with Crippen LogP contribution in [0, 0.1) is 5.92 Å².